The summed E-state index contributed by atoms with van der Waals surface area (Å²) in [6, 6.07) is 21.0. The number of fused-ring (bicyclic) bond motifs is 1. The van der Waals surface area contributed by atoms with E-state index in [1.807, 2.05) is 60.7 Å². The molecule has 3 aromatic carbocycles. The Balaban J connectivity index is 1.84. The van der Waals surface area contributed by atoms with Gasteiger partial charge in [-0.3, -0.25) is 0 Å². The Hall–Kier alpha value is -3.25. The zero-order valence-electron chi connectivity index (χ0n) is 13.1. The van der Waals surface area contributed by atoms with Gasteiger partial charge in [0.25, 0.3) is 0 Å². The van der Waals surface area contributed by atoms with Crippen LogP contribution in [-0.2, 0) is 0 Å². The average Bonchev–Trinajstić information content (AvgIpc) is 3.02. The van der Waals surface area contributed by atoms with Crippen molar-refractivity contribution in [2.45, 2.75) is 0 Å². The van der Waals surface area contributed by atoms with Crippen LogP contribution in [0.1, 0.15) is 5.56 Å². The molecule has 0 unspecified atom stereocenters. The first kappa shape index (κ1) is 15.3. The fourth-order valence-electron chi connectivity index (χ4n) is 2.71. The number of aromatic hydroxyl groups is 1. The van der Waals surface area contributed by atoms with Crippen LogP contribution in [0, 0.1) is 4.77 Å². The van der Waals surface area contributed by atoms with Crippen molar-refractivity contribution in [2.24, 2.45) is 5.10 Å². The fourth-order valence-corrected chi connectivity index (χ4v) is 2.89. The number of nitrogens with zero attached hydrogens (tertiary/aromatic N) is 3. The maximum Gasteiger partial charge on any atom is 0.216 e. The Morgan fingerprint density at radius 2 is 1.76 bits per heavy atom. The van der Waals surface area contributed by atoms with Gasteiger partial charge < -0.3 is 5.11 Å². The van der Waals surface area contributed by atoms with E-state index in [-0.39, 0.29) is 5.75 Å². The fraction of sp³-hybridized carbons (Fsp3) is 0. The van der Waals surface area contributed by atoms with Crippen LogP contribution in [0.15, 0.2) is 71.8 Å². The minimum Gasteiger partial charge on any atom is -0.507 e. The van der Waals surface area contributed by atoms with Crippen molar-refractivity contribution in [1.82, 2.24) is 14.9 Å². The van der Waals surface area contributed by atoms with E-state index in [0.29, 0.717) is 16.2 Å². The molecule has 0 aliphatic heterocycles. The van der Waals surface area contributed by atoms with Crippen molar-refractivity contribution in [1.29, 1.82) is 0 Å². The van der Waals surface area contributed by atoms with E-state index in [1.165, 1.54) is 0 Å². The highest BCUT2D eigenvalue weighted by molar-refractivity contribution is 7.71. The highest BCUT2D eigenvalue weighted by Crippen LogP contribution is 2.25. The minimum absolute atomic E-state index is 0.165. The lowest BCUT2D eigenvalue weighted by Crippen LogP contribution is -1.95. The molecule has 0 fully saturated rings. The molecule has 4 rings (SSSR count). The van der Waals surface area contributed by atoms with Crippen LogP contribution >= 0.6 is 12.2 Å². The van der Waals surface area contributed by atoms with Gasteiger partial charge in [0.15, 0.2) is 5.82 Å². The summed E-state index contributed by atoms with van der Waals surface area (Å²) in [5.74, 6) is 0.778. The van der Waals surface area contributed by atoms with Crippen molar-refractivity contribution in [2.75, 3.05) is 0 Å². The van der Waals surface area contributed by atoms with Crippen LogP contribution < -0.4 is 0 Å². The normalized spacial score (nSPS) is 11.4. The maximum atomic E-state index is 10.2. The second-order valence-electron chi connectivity index (χ2n) is 5.49. The highest BCUT2D eigenvalue weighted by Gasteiger charge is 2.09. The van der Waals surface area contributed by atoms with Crippen molar-refractivity contribution in [3.05, 3.63) is 77.1 Å². The van der Waals surface area contributed by atoms with Crippen molar-refractivity contribution >= 4 is 29.2 Å². The van der Waals surface area contributed by atoms with E-state index in [4.69, 9.17) is 12.2 Å². The summed E-state index contributed by atoms with van der Waals surface area (Å²) in [4.78, 5) is 0. The van der Waals surface area contributed by atoms with Gasteiger partial charge in [0.1, 0.15) is 5.75 Å². The van der Waals surface area contributed by atoms with E-state index in [1.54, 1.807) is 17.0 Å². The summed E-state index contributed by atoms with van der Waals surface area (Å²) >= 11 is 5.29. The number of hydrogen-bond acceptors (Lipinski definition) is 4. The third kappa shape index (κ3) is 2.83. The molecule has 0 amide bonds. The molecule has 0 atom stereocenters. The largest absolute Gasteiger partial charge is 0.507 e. The lowest BCUT2D eigenvalue weighted by molar-refractivity contribution is 0.475. The monoisotopic (exact) mass is 346 g/mol. The quantitative estimate of drug-likeness (QED) is 0.428. The van der Waals surface area contributed by atoms with Gasteiger partial charge in [-0.2, -0.15) is 14.9 Å². The zero-order chi connectivity index (χ0) is 17.2. The van der Waals surface area contributed by atoms with Gasteiger partial charge in [-0.15, -0.1) is 0 Å². The predicted molar refractivity (Wildman–Crippen MR) is 101 cm³/mol. The molecule has 1 aromatic heterocycles. The molecule has 4 aromatic rings. The van der Waals surface area contributed by atoms with Gasteiger partial charge in [-0.1, -0.05) is 60.7 Å². The Morgan fingerprint density at radius 1 is 1.00 bits per heavy atom. The first-order valence-electron chi connectivity index (χ1n) is 7.72. The average molecular weight is 346 g/mol. The Bertz CT molecular complexity index is 1130. The van der Waals surface area contributed by atoms with Gasteiger partial charge in [0.2, 0.25) is 4.77 Å². The molecule has 0 saturated carbocycles. The molecule has 0 spiro atoms. The molecular weight excluding hydrogens is 332 g/mol. The number of rotatable bonds is 3. The van der Waals surface area contributed by atoms with E-state index in [2.05, 4.69) is 15.3 Å². The summed E-state index contributed by atoms with van der Waals surface area (Å²) in [5.41, 5.74) is 1.54. The number of aromatic nitrogens is 3. The van der Waals surface area contributed by atoms with E-state index < -0.39 is 0 Å². The van der Waals surface area contributed by atoms with Crippen molar-refractivity contribution < 1.29 is 5.11 Å². The maximum absolute atomic E-state index is 10.2. The molecule has 0 bridgehead atoms. The molecule has 0 saturated heterocycles. The summed E-state index contributed by atoms with van der Waals surface area (Å²) in [6.07, 6.45) is 1.61. The van der Waals surface area contributed by atoms with E-state index in [0.717, 1.165) is 16.3 Å². The van der Waals surface area contributed by atoms with Crippen LogP contribution in [0.3, 0.4) is 0 Å². The number of nitrogens with one attached hydrogen (secondary N) is 1. The Labute approximate surface area is 148 Å². The lowest BCUT2D eigenvalue weighted by Gasteiger charge is -2.05. The SMILES string of the molecule is Oc1ccc2ccccc2c1C=Nn1c(-c2ccccc2)n[nH]c1=S. The number of H-pyrrole nitrogens is 1. The molecule has 6 heteroatoms. The van der Waals surface area contributed by atoms with E-state index in [9.17, 15) is 5.11 Å². The predicted octanol–water partition coefficient (Wildman–Crippen LogP) is 4.35. The standard InChI is InChI=1S/C19H14N4OS/c24-17-11-10-13-6-4-5-9-15(13)16(17)12-20-23-18(21-22-19(23)25)14-7-2-1-3-8-14/h1-12,24H,(H,22,25). The van der Waals surface area contributed by atoms with Crippen LogP contribution in [0.5, 0.6) is 5.75 Å². The molecule has 0 radical (unpaired) electrons. The minimum atomic E-state index is 0.165. The molecule has 25 heavy (non-hydrogen) atoms. The molecule has 0 aliphatic rings. The lowest BCUT2D eigenvalue weighted by atomic mass is 10.0. The van der Waals surface area contributed by atoms with Crippen LogP contribution in [0.4, 0.5) is 0 Å². The second kappa shape index (κ2) is 6.33. The van der Waals surface area contributed by atoms with Crippen LogP contribution in [0.2, 0.25) is 0 Å². The number of aromatic amines is 1. The number of hydrogen-bond donors (Lipinski definition) is 2. The van der Waals surface area contributed by atoms with Gasteiger partial charge in [-0.25, -0.2) is 5.10 Å². The Kier molecular flexibility index (Phi) is 3.87. The topological polar surface area (TPSA) is 66.2 Å². The highest BCUT2D eigenvalue weighted by atomic mass is 32.1. The summed E-state index contributed by atoms with van der Waals surface area (Å²) < 4.78 is 1.93. The molecule has 0 aliphatic carbocycles. The molecule has 122 valence electrons. The summed E-state index contributed by atoms with van der Waals surface area (Å²) in [5, 5.41) is 23.7. The molecule has 5 nitrogen and oxygen atoms in total. The smallest absolute Gasteiger partial charge is 0.216 e. The molecular formula is C19H14N4OS. The van der Waals surface area contributed by atoms with E-state index >= 15 is 0 Å². The number of benzene rings is 3. The third-order valence-electron chi connectivity index (χ3n) is 3.93. The van der Waals surface area contributed by atoms with Gasteiger partial charge in [0.05, 0.1) is 6.21 Å². The van der Waals surface area contributed by atoms with Gasteiger partial charge >= 0.3 is 0 Å². The molecule has 1 heterocycles. The number of phenolic OH excluding ortho intramolecular Hbond substituents is 1. The molecule has 2 N–H and O–H groups in total. The second-order valence-corrected chi connectivity index (χ2v) is 5.88. The van der Waals surface area contributed by atoms with Gasteiger partial charge in [0, 0.05) is 11.1 Å². The van der Waals surface area contributed by atoms with Crippen molar-refractivity contribution in [3.63, 3.8) is 0 Å². The Morgan fingerprint density at radius 3 is 2.60 bits per heavy atom. The number of phenols is 1. The first-order valence-corrected chi connectivity index (χ1v) is 8.13. The van der Waals surface area contributed by atoms with Crippen LogP contribution in [0.25, 0.3) is 22.2 Å². The summed E-state index contributed by atoms with van der Waals surface area (Å²) in [6.45, 7) is 0. The zero-order valence-corrected chi connectivity index (χ0v) is 13.9. The summed E-state index contributed by atoms with van der Waals surface area (Å²) in [7, 11) is 0. The van der Waals surface area contributed by atoms with Crippen molar-refractivity contribution in [3.8, 4) is 17.1 Å². The van der Waals surface area contributed by atoms with Crippen LogP contribution in [-0.4, -0.2) is 26.2 Å². The third-order valence-corrected chi connectivity index (χ3v) is 4.20. The first-order chi connectivity index (χ1) is 12.2. The van der Waals surface area contributed by atoms with Gasteiger partial charge in [-0.05, 0) is 29.1 Å².